The Balaban J connectivity index is 3.06. The number of unbranched alkanes of at least 4 members (excludes halogenated alkanes) is 1. The summed E-state index contributed by atoms with van der Waals surface area (Å²) in [5.41, 5.74) is 0. The predicted octanol–water partition coefficient (Wildman–Crippen LogP) is 3.41. The molecule has 0 aromatic heterocycles. The van der Waals surface area contributed by atoms with Crippen molar-refractivity contribution in [3.05, 3.63) is 0 Å². The normalized spacial score (nSPS) is 11.9. The van der Waals surface area contributed by atoms with Gasteiger partial charge in [0.1, 0.15) is 0 Å². The third-order valence-electron chi connectivity index (χ3n) is 1.11. The average molecular weight is 235 g/mol. The number of hydrogen-bond acceptors (Lipinski definition) is 3. The Kier molecular flexibility index (Phi) is 7.60. The van der Waals surface area contributed by atoms with E-state index in [0.717, 1.165) is 12.8 Å². The van der Waals surface area contributed by atoms with Crippen LogP contribution in [-0.4, -0.2) is 19.8 Å². The zero-order valence-corrected chi connectivity index (χ0v) is 9.37. The van der Waals surface area contributed by atoms with Gasteiger partial charge >= 0.3 is 6.07 Å². The SMILES string of the molecule is CCCCOCCOP(=O)(Cl)Cl. The average Bonchev–Trinajstić information content (AvgIpc) is 1.94. The Hall–Kier alpha value is 0.730. The molecule has 6 heteroatoms. The van der Waals surface area contributed by atoms with Crippen molar-refractivity contribution in [3.63, 3.8) is 0 Å². The number of hydrogen-bond donors (Lipinski definition) is 0. The van der Waals surface area contributed by atoms with Crippen LogP contribution in [0.4, 0.5) is 0 Å². The lowest BCUT2D eigenvalue weighted by atomic mass is 10.4. The monoisotopic (exact) mass is 234 g/mol. The lowest BCUT2D eigenvalue weighted by Crippen LogP contribution is -2.02. The van der Waals surface area contributed by atoms with Gasteiger partial charge in [-0.05, 0) is 28.9 Å². The molecule has 0 bridgehead atoms. The molecule has 0 aliphatic carbocycles. The van der Waals surface area contributed by atoms with Crippen LogP contribution in [0.3, 0.4) is 0 Å². The molecule has 0 aromatic carbocycles. The molecule has 3 nitrogen and oxygen atoms in total. The van der Waals surface area contributed by atoms with Crippen molar-refractivity contribution in [2.75, 3.05) is 19.8 Å². The quantitative estimate of drug-likeness (QED) is 0.501. The van der Waals surface area contributed by atoms with Gasteiger partial charge in [0.15, 0.2) is 0 Å². The first-order valence-electron chi connectivity index (χ1n) is 3.78. The predicted molar refractivity (Wildman–Crippen MR) is 51.0 cm³/mol. The molecule has 74 valence electrons. The number of halogens is 2. The van der Waals surface area contributed by atoms with Crippen LogP contribution in [0, 0.1) is 0 Å². The summed E-state index contributed by atoms with van der Waals surface area (Å²) in [5.74, 6) is 0. The van der Waals surface area contributed by atoms with Crippen molar-refractivity contribution >= 4 is 28.6 Å². The molecular formula is C6H13Cl2O3P. The second-order valence-electron chi connectivity index (χ2n) is 2.21. The highest BCUT2D eigenvalue weighted by atomic mass is 35.9. The first-order chi connectivity index (χ1) is 5.56. The van der Waals surface area contributed by atoms with Crippen LogP contribution in [0.5, 0.6) is 0 Å². The molecule has 0 saturated carbocycles. The van der Waals surface area contributed by atoms with Crippen LogP contribution < -0.4 is 0 Å². The van der Waals surface area contributed by atoms with Crippen LogP contribution in [0.15, 0.2) is 0 Å². The fourth-order valence-electron chi connectivity index (χ4n) is 0.551. The maximum absolute atomic E-state index is 10.6. The molecule has 0 saturated heterocycles. The molecule has 0 fully saturated rings. The van der Waals surface area contributed by atoms with Crippen LogP contribution in [0.1, 0.15) is 19.8 Å². The second kappa shape index (κ2) is 7.16. The number of rotatable bonds is 7. The minimum Gasteiger partial charge on any atom is -0.379 e. The van der Waals surface area contributed by atoms with Gasteiger partial charge in [-0.15, -0.1) is 0 Å². The highest BCUT2D eigenvalue weighted by Gasteiger charge is 2.12. The van der Waals surface area contributed by atoms with E-state index in [-0.39, 0.29) is 6.61 Å². The molecule has 0 rings (SSSR count). The highest BCUT2D eigenvalue weighted by molar-refractivity contribution is 8.05. The maximum Gasteiger partial charge on any atom is 0.380 e. The smallest absolute Gasteiger partial charge is 0.379 e. The summed E-state index contributed by atoms with van der Waals surface area (Å²) in [4.78, 5) is 0. The van der Waals surface area contributed by atoms with Gasteiger partial charge in [0.2, 0.25) is 0 Å². The van der Waals surface area contributed by atoms with E-state index in [1.807, 2.05) is 0 Å². The van der Waals surface area contributed by atoms with E-state index in [2.05, 4.69) is 11.4 Å². The van der Waals surface area contributed by atoms with Crippen molar-refractivity contribution in [1.82, 2.24) is 0 Å². The van der Waals surface area contributed by atoms with E-state index < -0.39 is 6.07 Å². The van der Waals surface area contributed by atoms with E-state index in [0.29, 0.717) is 13.2 Å². The molecule has 0 heterocycles. The van der Waals surface area contributed by atoms with Crippen molar-refractivity contribution in [3.8, 4) is 0 Å². The van der Waals surface area contributed by atoms with Gasteiger partial charge in [0.05, 0.1) is 13.2 Å². The Bertz CT molecular complexity index is 148. The van der Waals surface area contributed by atoms with Gasteiger partial charge in [-0.3, -0.25) is 4.57 Å². The lowest BCUT2D eigenvalue weighted by Gasteiger charge is -2.04. The molecule has 0 amide bonds. The molecule has 0 aromatic rings. The Morgan fingerprint density at radius 2 is 1.92 bits per heavy atom. The topological polar surface area (TPSA) is 35.5 Å². The minimum atomic E-state index is -3.36. The summed E-state index contributed by atoms with van der Waals surface area (Å²) in [7, 11) is 0. The van der Waals surface area contributed by atoms with Crippen LogP contribution in [0.2, 0.25) is 0 Å². The molecule has 0 unspecified atom stereocenters. The molecule has 0 aliphatic rings. The van der Waals surface area contributed by atoms with Gasteiger partial charge < -0.3 is 9.26 Å². The molecule has 0 N–H and O–H groups in total. The fourth-order valence-corrected chi connectivity index (χ4v) is 1.25. The Labute approximate surface area is 82.4 Å². The molecule has 0 spiro atoms. The zero-order valence-electron chi connectivity index (χ0n) is 6.96. The van der Waals surface area contributed by atoms with E-state index in [9.17, 15) is 4.57 Å². The van der Waals surface area contributed by atoms with E-state index >= 15 is 0 Å². The summed E-state index contributed by atoms with van der Waals surface area (Å²) in [6, 6.07) is 0. The second-order valence-corrected chi connectivity index (χ2v) is 6.49. The third kappa shape index (κ3) is 10.7. The van der Waals surface area contributed by atoms with Crippen LogP contribution >= 0.6 is 28.6 Å². The minimum absolute atomic E-state index is 0.175. The Morgan fingerprint density at radius 1 is 1.25 bits per heavy atom. The van der Waals surface area contributed by atoms with Crippen LogP contribution in [0.25, 0.3) is 0 Å². The van der Waals surface area contributed by atoms with E-state index in [4.69, 9.17) is 27.2 Å². The summed E-state index contributed by atoms with van der Waals surface area (Å²) in [6.45, 7) is 3.32. The van der Waals surface area contributed by atoms with E-state index in [1.54, 1.807) is 0 Å². The van der Waals surface area contributed by atoms with Crippen molar-refractivity contribution < 1.29 is 13.8 Å². The molecule has 0 atom stereocenters. The fraction of sp³-hybridized carbons (Fsp3) is 1.00. The Morgan fingerprint density at radius 3 is 2.42 bits per heavy atom. The molecule has 12 heavy (non-hydrogen) atoms. The van der Waals surface area contributed by atoms with Crippen LogP contribution in [-0.2, 0) is 13.8 Å². The van der Waals surface area contributed by atoms with Crippen molar-refractivity contribution in [2.45, 2.75) is 19.8 Å². The lowest BCUT2D eigenvalue weighted by molar-refractivity contribution is 0.101. The van der Waals surface area contributed by atoms with Gasteiger partial charge in [-0.1, -0.05) is 13.3 Å². The van der Waals surface area contributed by atoms with Gasteiger partial charge in [-0.2, -0.15) is 0 Å². The largest absolute Gasteiger partial charge is 0.380 e. The zero-order chi connectivity index (χ0) is 9.45. The molecular weight excluding hydrogens is 222 g/mol. The van der Waals surface area contributed by atoms with Gasteiger partial charge in [0.25, 0.3) is 0 Å². The van der Waals surface area contributed by atoms with Gasteiger partial charge in [-0.25, -0.2) is 0 Å². The molecule has 0 aliphatic heterocycles. The summed E-state index contributed by atoms with van der Waals surface area (Å²) >= 11 is 10.2. The summed E-state index contributed by atoms with van der Waals surface area (Å²) < 4.78 is 20.2. The number of ether oxygens (including phenoxy) is 1. The van der Waals surface area contributed by atoms with E-state index in [1.165, 1.54) is 0 Å². The first kappa shape index (κ1) is 12.7. The maximum atomic E-state index is 10.6. The third-order valence-corrected chi connectivity index (χ3v) is 2.18. The van der Waals surface area contributed by atoms with Crippen molar-refractivity contribution in [1.29, 1.82) is 0 Å². The van der Waals surface area contributed by atoms with Crippen molar-refractivity contribution in [2.24, 2.45) is 0 Å². The highest BCUT2D eigenvalue weighted by Crippen LogP contribution is 2.57. The summed E-state index contributed by atoms with van der Waals surface area (Å²) in [5, 5.41) is 0. The molecule has 0 radical (unpaired) electrons. The summed E-state index contributed by atoms with van der Waals surface area (Å²) in [6.07, 6.45) is -1.26. The van der Waals surface area contributed by atoms with Gasteiger partial charge in [0, 0.05) is 6.61 Å². The first-order valence-corrected chi connectivity index (χ1v) is 7.21. The standard InChI is InChI=1S/C6H13Cl2O3P/c1-2-3-4-10-5-6-11-12(7,8)9/h2-6H2,1H3.